The normalized spacial score (nSPS) is 16.1. The molecule has 0 N–H and O–H groups in total. The topological polar surface area (TPSA) is 51.3 Å². The molecule has 0 spiro atoms. The highest BCUT2D eigenvalue weighted by molar-refractivity contribution is 14.1. The summed E-state index contributed by atoms with van der Waals surface area (Å²) in [5.74, 6) is 0.734. The highest BCUT2D eigenvalue weighted by Gasteiger charge is 2.27. The maximum Gasteiger partial charge on any atom is 0.205 e. The summed E-state index contributed by atoms with van der Waals surface area (Å²) in [4.78, 5) is 22.2. The Morgan fingerprint density at radius 2 is 0.854 bits per heavy atom. The predicted molar refractivity (Wildman–Crippen MR) is 347 cm³/mol. The molecule has 10 rings (SSSR count). The second kappa shape index (κ2) is 42.8. The molecule has 82 heavy (non-hydrogen) atoms. The Balaban J connectivity index is 0.000000576. The number of hydrogen-bond acceptors (Lipinski definition) is 5. The first-order valence-electron chi connectivity index (χ1n) is 29.6. The van der Waals surface area contributed by atoms with E-state index < -0.39 is 0 Å². The summed E-state index contributed by atoms with van der Waals surface area (Å²) in [5, 5.41) is 0. The zero-order valence-corrected chi connectivity index (χ0v) is 57.8. The van der Waals surface area contributed by atoms with Crippen LogP contribution in [0.15, 0.2) is 127 Å². The van der Waals surface area contributed by atoms with Crippen LogP contribution in [-0.2, 0) is 19.6 Å². The largest absolute Gasteiger partial charge is 1.00 e. The monoisotopic (exact) mass is 1400 g/mol. The molecule has 450 valence electrons. The number of carbonyl (C=O) groups excluding carboxylic acids is 1. The first-order chi connectivity index (χ1) is 37.9. The van der Waals surface area contributed by atoms with E-state index in [-0.39, 0.29) is 61.2 Å². The molecule has 0 amide bonds. The van der Waals surface area contributed by atoms with Gasteiger partial charge in [-0.3, -0.25) is 9.78 Å². The number of alkyl halides is 1. The zero-order valence-electron chi connectivity index (χ0n) is 51.2. The number of halogens is 5. The van der Waals surface area contributed by atoms with Gasteiger partial charge in [-0.1, -0.05) is 53.8 Å². The number of pyridine rings is 4. The van der Waals surface area contributed by atoms with E-state index in [1.165, 1.54) is 146 Å². The van der Waals surface area contributed by atoms with E-state index in [2.05, 4.69) is 215 Å². The Bertz CT molecular complexity index is 2620. The maximum atomic E-state index is 10.4. The van der Waals surface area contributed by atoms with Crippen LogP contribution in [0.2, 0.25) is 0 Å². The summed E-state index contributed by atoms with van der Waals surface area (Å²) in [6, 6.07) is 43.1. The van der Waals surface area contributed by atoms with E-state index in [1.807, 2.05) is 56.3 Å². The molecule has 1 saturated carbocycles. The molecule has 1 aliphatic carbocycles. The summed E-state index contributed by atoms with van der Waals surface area (Å²) >= 11 is 2.29. The van der Waals surface area contributed by atoms with Crippen molar-refractivity contribution in [3.8, 4) is 0 Å². The summed E-state index contributed by atoms with van der Waals surface area (Å²) in [7, 11) is 0. The van der Waals surface area contributed by atoms with Crippen molar-refractivity contribution in [2.75, 3.05) is 53.5 Å². The Morgan fingerprint density at radius 3 is 1.22 bits per heavy atom. The van der Waals surface area contributed by atoms with E-state index in [0.29, 0.717) is 0 Å². The molecule has 4 aromatic heterocycles. The SMILES string of the molecule is CCI.CC[n+]1c(/C=C/c2ccc(N3CCCC3)cc2)cccc1/C=C/C1CCC(N2CCCC2)CC1.CC[n+]1c(C)cccc1C.CC[n+]1c(C)cccc1C.Cc1cccc(C)n1.Cl.O=Cc1ccc(N2CCCC2)cc1.[Cl-].[Cl-].[I-]. The minimum absolute atomic E-state index is 0. The molecule has 0 bridgehead atoms. The number of hydrogen-bond donors (Lipinski definition) is 0. The molecular weight excluding hydrogens is 1300 g/mol. The quantitative estimate of drug-likeness (QED) is 0.0659. The van der Waals surface area contributed by atoms with E-state index >= 15 is 0 Å². The number of carbonyl (C=O) groups is 1. The number of rotatable bonds is 11. The van der Waals surface area contributed by atoms with Gasteiger partial charge in [0, 0.05) is 137 Å². The summed E-state index contributed by atoms with van der Waals surface area (Å²) < 4.78 is 8.24. The molecule has 4 aliphatic rings. The lowest BCUT2D eigenvalue weighted by atomic mass is 9.85. The lowest BCUT2D eigenvalue weighted by Gasteiger charge is -2.33. The lowest BCUT2D eigenvalue weighted by Crippen LogP contribution is -3.00. The number of anilines is 2. The summed E-state index contributed by atoms with van der Waals surface area (Å²) in [6.07, 6.45) is 23.8. The summed E-state index contributed by atoms with van der Waals surface area (Å²) in [6.45, 7) is 31.7. The molecule has 0 atom stereocenters. The van der Waals surface area contributed by atoms with Crippen molar-refractivity contribution in [3.63, 3.8) is 0 Å². The smallest absolute Gasteiger partial charge is 0.205 e. The molecule has 13 heteroatoms. The van der Waals surface area contributed by atoms with Gasteiger partial charge in [-0.2, -0.15) is 4.57 Å². The Labute approximate surface area is 546 Å². The molecule has 8 nitrogen and oxygen atoms in total. The fourth-order valence-electron chi connectivity index (χ4n) is 11.2. The molecule has 0 radical (unpaired) electrons. The maximum absolute atomic E-state index is 10.4. The highest BCUT2D eigenvalue weighted by atomic mass is 127. The van der Waals surface area contributed by atoms with E-state index in [1.54, 1.807) is 0 Å². The standard InChI is InChI=1S/C31H42N3.C11H13NO.2C9H14N.C7H9N.C2H5I.3ClH.HI/c1-2-34-30(20-14-26-10-16-28(17-11-26)32-22-3-4-23-32)8-7-9-31(34)21-15-27-12-18-29(19-13-27)33-24-5-6-25-33;13-9-10-3-5-11(6-4-10)12-7-1-2-8-12;2*1-4-10-8(2)6-5-7-9(10)3;1-6-4-3-5-7(2)8-6;1-2-3;;;;/h7-11,14-17,20-21,27,29H,2-6,12-13,18-19,22-25H2,1H3;3-6,9H,1-2,7-8H2;2*5-7H,4H2,1-3H3;3-5H,1-2H3;2H2,1H3;4*1H/q+1;;2*+1;;;;;;/p-3/b21-15+;;;;;;;;;. The third-order valence-corrected chi connectivity index (χ3v) is 15.4. The van der Waals surface area contributed by atoms with Crippen molar-refractivity contribution in [1.29, 1.82) is 0 Å². The van der Waals surface area contributed by atoms with Gasteiger partial charge in [-0.05, 0) is 201 Å². The number of allylic oxidation sites excluding steroid dienone is 1. The second-order valence-electron chi connectivity index (χ2n) is 21.1. The van der Waals surface area contributed by atoms with Crippen LogP contribution in [0.25, 0.3) is 18.2 Å². The van der Waals surface area contributed by atoms with Gasteiger partial charge in [0.25, 0.3) is 0 Å². The van der Waals surface area contributed by atoms with Crippen LogP contribution < -0.4 is 72.3 Å². The van der Waals surface area contributed by atoms with Crippen LogP contribution in [0.4, 0.5) is 11.4 Å². The number of aryl methyl sites for hydroxylation is 6. The minimum Gasteiger partial charge on any atom is -1.00 e. The average Bonchev–Trinajstić information content (AvgIpc) is 4.31. The van der Waals surface area contributed by atoms with E-state index in [9.17, 15) is 4.79 Å². The van der Waals surface area contributed by atoms with Crippen LogP contribution in [-0.4, -0.2) is 65.9 Å². The highest BCUT2D eigenvalue weighted by Crippen LogP contribution is 2.31. The van der Waals surface area contributed by atoms with Gasteiger partial charge in [0.15, 0.2) is 22.8 Å². The van der Waals surface area contributed by atoms with E-state index in [0.717, 1.165) is 67.9 Å². The number of aldehydes is 1. The molecule has 3 aliphatic heterocycles. The van der Waals surface area contributed by atoms with Crippen molar-refractivity contribution in [2.45, 2.75) is 159 Å². The molecule has 6 aromatic rings. The van der Waals surface area contributed by atoms with E-state index in [4.69, 9.17) is 0 Å². The van der Waals surface area contributed by atoms with Gasteiger partial charge in [0.2, 0.25) is 11.4 Å². The van der Waals surface area contributed by atoms with Crippen molar-refractivity contribution in [1.82, 2.24) is 9.88 Å². The van der Waals surface area contributed by atoms with Crippen LogP contribution in [0.5, 0.6) is 0 Å². The van der Waals surface area contributed by atoms with Crippen LogP contribution in [0, 0.1) is 47.5 Å². The van der Waals surface area contributed by atoms with Crippen molar-refractivity contribution >= 4 is 70.9 Å². The van der Waals surface area contributed by atoms with Crippen molar-refractivity contribution in [2.24, 2.45) is 5.92 Å². The Kier molecular flexibility index (Phi) is 39.7. The number of nitrogens with zero attached hydrogens (tertiary/aromatic N) is 7. The molecule has 0 unspecified atom stereocenters. The molecule has 7 heterocycles. The van der Waals surface area contributed by atoms with Gasteiger partial charge >= 0.3 is 0 Å². The Morgan fingerprint density at radius 1 is 0.488 bits per heavy atom. The van der Waals surface area contributed by atoms with Gasteiger partial charge in [0.1, 0.15) is 25.9 Å². The molecular formula is C69H98Cl3I2N7O. The van der Waals surface area contributed by atoms with Gasteiger partial charge < -0.3 is 63.5 Å². The van der Waals surface area contributed by atoms with Gasteiger partial charge in [-0.25, -0.2) is 9.13 Å². The third-order valence-electron chi connectivity index (χ3n) is 15.4. The first kappa shape index (κ1) is 76.1. The van der Waals surface area contributed by atoms with Crippen molar-refractivity contribution < 1.29 is 67.3 Å². The average molecular weight is 1400 g/mol. The number of benzene rings is 2. The minimum atomic E-state index is 0. The van der Waals surface area contributed by atoms with Crippen molar-refractivity contribution in [3.05, 3.63) is 184 Å². The molecule has 4 fully saturated rings. The third kappa shape index (κ3) is 25.7. The summed E-state index contributed by atoms with van der Waals surface area (Å²) in [5.41, 5.74) is 14.7. The number of likely N-dealkylation sites (tertiary alicyclic amines) is 1. The van der Waals surface area contributed by atoms with Crippen LogP contribution in [0.3, 0.4) is 0 Å². The van der Waals surface area contributed by atoms with Gasteiger partial charge in [-0.15, -0.1) is 12.4 Å². The Hall–Kier alpha value is -3.92. The lowest BCUT2D eigenvalue weighted by molar-refractivity contribution is -0.705. The van der Waals surface area contributed by atoms with Crippen LogP contribution >= 0.6 is 35.0 Å². The van der Waals surface area contributed by atoms with Gasteiger partial charge in [0.05, 0.1) is 0 Å². The predicted octanol–water partition coefficient (Wildman–Crippen LogP) is 6.33. The second-order valence-corrected chi connectivity index (χ2v) is 22.6. The molecule has 2 aromatic carbocycles. The molecule has 3 saturated heterocycles. The van der Waals surface area contributed by atoms with Crippen LogP contribution in [0.1, 0.15) is 153 Å². The first-order valence-corrected chi connectivity index (χ1v) is 31.1. The fourth-order valence-corrected chi connectivity index (χ4v) is 11.2. The number of aromatic nitrogens is 4. The fraction of sp³-hybridized carbons (Fsp3) is 0.464. The zero-order chi connectivity index (χ0) is 56.1.